The van der Waals surface area contributed by atoms with E-state index in [-0.39, 0.29) is 18.3 Å². The molecule has 0 saturated carbocycles. The molecule has 296 valence electrons. The van der Waals surface area contributed by atoms with E-state index in [9.17, 15) is 15.3 Å². The molecule has 9 rings (SSSR count). The molecule has 9 saturated heterocycles. The van der Waals surface area contributed by atoms with Gasteiger partial charge in [-0.2, -0.15) is 0 Å². The highest BCUT2D eigenvalue weighted by Gasteiger charge is 2.51. The molecule has 9 fully saturated rings. The summed E-state index contributed by atoms with van der Waals surface area (Å²) in [5.41, 5.74) is 0. The van der Waals surface area contributed by atoms with Crippen molar-refractivity contribution in [2.75, 3.05) is 240 Å². The number of hydrogen-bond donors (Lipinski definition) is 3. The zero-order chi connectivity index (χ0) is 37.0. The van der Waals surface area contributed by atoms with Gasteiger partial charge in [0.05, 0.1) is 56.4 Å². The van der Waals surface area contributed by atoms with Crippen molar-refractivity contribution in [3.63, 3.8) is 0 Å². The lowest BCUT2D eigenvalue weighted by Crippen LogP contribution is -2.75. The average molecular weight is 729 g/mol. The van der Waals surface area contributed by atoms with Crippen molar-refractivity contribution in [1.29, 1.82) is 0 Å². The number of aliphatic hydroxyl groups excluding tert-OH is 3. The summed E-state index contributed by atoms with van der Waals surface area (Å²) in [6, 6.07) is 0. The molecular formula is C39H86N9O3+9. The highest BCUT2D eigenvalue weighted by molar-refractivity contribution is 4.67. The third-order valence-corrected chi connectivity index (χ3v) is 16.4. The Morgan fingerprint density at radius 1 is 0.373 bits per heavy atom. The number of nitrogens with zero attached hydrogens (tertiary/aromatic N) is 9. The molecule has 51 heavy (non-hydrogen) atoms. The Kier molecular flexibility index (Phi) is 11.2. The first-order valence-corrected chi connectivity index (χ1v) is 21.2. The van der Waals surface area contributed by atoms with Gasteiger partial charge in [-0.3, -0.25) is 0 Å². The number of rotatable bonds is 18. The van der Waals surface area contributed by atoms with Gasteiger partial charge in [0.25, 0.3) is 0 Å². The quantitative estimate of drug-likeness (QED) is 0.138. The van der Waals surface area contributed by atoms with Gasteiger partial charge in [0, 0.05) is 0 Å². The molecule has 6 bridgehead atoms. The molecule has 3 N–H and O–H groups in total. The summed E-state index contributed by atoms with van der Waals surface area (Å²) >= 11 is 0. The lowest BCUT2D eigenvalue weighted by Gasteiger charge is -2.54. The molecule has 9 aliphatic rings. The minimum absolute atomic E-state index is 0.284. The molecule has 12 heteroatoms. The summed E-state index contributed by atoms with van der Waals surface area (Å²) < 4.78 is 9.48. The van der Waals surface area contributed by atoms with Crippen molar-refractivity contribution in [3.8, 4) is 0 Å². The van der Waals surface area contributed by atoms with Gasteiger partial charge in [-0.1, -0.05) is 0 Å². The summed E-state index contributed by atoms with van der Waals surface area (Å²) in [5, 5.41) is 34.8. The highest BCUT2D eigenvalue weighted by Crippen LogP contribution is 2.28. The van der Waals surface area contributed by atoms with Crippen LogP contribution in [0, 0.1) is 0 Å². The number of fused-ring (bicyclic) bond motifs is 9. The van der Waals surface area contributed by atoms with E-state index in [1.54, 1.807) is 0 Å². The van der Waals surface area contributed by atoms with E-state index in [1.807, 2.05) is 0 Å². The van der Waals surface area contributed by atoms with Crippen LogP contribution in [0.5, 0.6) is 0 Å². The van der Waals surface area contributed by atoms with Gasteiger partial charge < -0.3 is 55.7 Å². The van der Waals surface area contributed by atoms with E-state index >= 15 is 0 Å². The third-order valence-electron chi connectivity index (χ3n) is 16.4. The minimum atomic E-state index is -0.316. The van der Waals surface area contributed by atoms with Gasteiger partial charge in [0.1, 0.15) is 183 Å². The largest absolute Gasteiger partial charge is 0.382 e. The first-order chi connectivity index (χ1) is 23.6. The van der Waals surface area contributed by atoms with Crippen molar-refractivity contribution < 1.29 is 55.7 Å². The Hall–Kier alpha value is -0.480. The molecule has 0 aromatic carbocycles. The normalized spacial score (nSPS) is 41.0. The Morgan fingerprint density at radius 2 is 0.608 bits per heavy atom. The molecule has 0 aliphatic carbocycles. The Balaban J connectivity index is 1.06. The molecule has 3 atom stereocenters. The molecule has 9 aliphatic heterocycles. The fourth-order valence-corrected chi connectivity index (χ4v) is 11.6. The molecule has 3 unspecified atom stereocenters. The van der Waals surface area contributed by atoms with Crippen LogP contribution in [0.4, 0.5) is 0 Å². The van der Waals surface area contributed by atoms with E-state index in [2.05, 4.69) is 56.4 Å². The molecule has 9 heterocycles. The van der Waals surface area contributed by atoms with Gasteiger partial charge in [-0.05, 0) is 0 Å². The summed E-state index contributed by atoms with van der Waals surface area (Å²) in [5.74, 6) is 0. The first-order valence-electron chi connectivity index (χ1n) is 21.2. The molecule has 0 aromatic heterocycles. The van der Waals surface area contributed by atoms with Crippen LogP contribution in [0.25, 0.3) is 0 Å². The second-order valence-corrected chi connectivity index (χ2v) is 22.4. The number of hydrogen-bond acceptors (Lipinski definition) is 3. The van der Waals surface area contributed by atoms with Crippen molar-refractivity contribution in [3.05, 3.63) is 0 Å². The summed E-state index contributed by atoms with van der Waals surface area (Å²) in [6.45, 7) is 31.2. The second kappa shape index (κ2) is 14.2. The minimum Gasteiger partial charge on any atom is -0.382 e. The maximum absolute atomic E-state index is 11.9. The third kappa shape index (κ3) is 9.86. The Labute approximate surface area is 313 Å². The highest BCUT2D eigenvalue weighted by atomic mass is 16.3. The average Bonchev–Trinajstić information content (AvgIpc) is 3.05. The maximum Gasteiger partial charge on any atom is 0.152 e. The number of piperazine rings is 9. The smallest absolute Gasteiger partial charge is 0.152 e. The van der Waals surface area contributed by atoms with Crippen LogP contribution in [-0.2, 0) is 0 Å². The molecule has 0 spiro atoms. The SMILES string of the molecule is C[N+](C)(CC[N+](C)(CC[N+](C)(C)CC(O)C[N+]12CC[N+](C)(CC1)CC2)CC(O)C[N+]12CC[N+](C)(CC1)CC2)CC(O)C[N+]12CC[N+](C)(CC1)CC2. The van der Waals surface area contributed by atoms with E-state index in [0.717, 1.165) is 92.3 Å². The lowest BCUT2D eigenvalue weighted by molar-refractivity contribution is -1.08. The Morgan fingerprint density at radius 3 is 0.863 bits per heavy atom. The summed E-state index contributed by atoms with van der Waals surface area (Å²) in [4.78, 5) is 0. The predicted octanol–water partition coefficient (Wildman–Crippen LogP) is -2.46. The van der Waals surface area contributed by atoms with Crippen LogP contribution < -0.4 is 0 Å². The van der Waals surface area contributed by atoms with Gasteiger partial charge in [0.2, 0.25) is 0 Å². The number of aliphatic hydroxyl groups is 3. The summed E-state index contributed by atoms with van der Waals surface area (Å²) in [6.07, 6.45) is -0.884. The van der Waals surface area contributed by atoms with Gasteiger partial charge >= 0.3 is 0 Å². The van der Waals surface area contributed by atoms with Crippen LogP contribution in [0.2, 0.25) is 0 Å². The van der Waals surface area contributed by atoms with Crippen molar-refractivity contribution in [2.24, 2.45) is 0 Å². The van der Waals surface area contributed by atoms with Crippen LogP contribution in [-0.4, -0.2) is 314 Å². The van der Waals surface area contributed by atoms with Crippen LogP contribution in [0.1, 0.15) is 0 Å². The first kappa shape index (κ1) is 40.2. The van der Waals surface area contributed by atoms with Gasteiger partial charge in [-0.15, -0.1) is 0 Å². The van der Waals surface area contributed by atoms with Crippen molar-refractivity contribution in [1.82, 2.24) is 0 Å². The van der Waals surface area contributed by atoms with E-state index < -0.39 is 0 Å². The van der Waals surface area contributed by atoms with Crippen LogP contribution in [0.15, 0.2) is 0 Å². The molecule has 0 amide bonds. The van der Waals surface area contributed by atoms with Crippen LogP contribution in [0.3, 0.4) is 0 Å². The topological polar surface area (TPSA) is 60.7 Å². The monoisotopic (exact) mass is 729 g/mol. The maximum atomic E-state index is 11.9. The summed E-state index contributed by atoms with van der Waals surface area (Å²) in [7, 11) is 18.9. The zero-order valence-corrected chi connectivity index (χ0v) is 34.9. The lowest BCUT2D eigenvalue weighted by atomic mass is 10.1. The van der Waals surface area contributed by atoms with Gasteiger partial charge in [0.15, 0.2) is 18.3 Å². The fraction of sp³-hybridized carbons (Fsp3) is 1.00. The fourth-order valence-electron chi connectivity index (χ4n) is 11.6. The Bertz CT molecular complexity index is 1070. The number of likely N-dealkylation sites (N-methyl/N-ethyl adjacent to an activating group) is 6. The van der Waals surface area contributed by atoms with E-state index in [1.165, 1.54) is 131 Å². The number of quaternary nitrogens is 9. The standard InChI is InChI=1S/C39H86N9O3/c1-40(2,31-37(49)34-46-22-13-42(5,14-23-46)15-24-46)9-11-45(8,33-39(51)36-48-28-19-44(7,20-29-48)21-30-48)12-10-41(3,4)32-38(50)35-47-25-16-43(6,17-26-47)18-27-47/h37-39,49-51H,9-36H2,1-8H3/q+9. The zero-order valence-electron chi connectivity index (χ0n) is 34.9. The molecule has 12 nitrogen and oxygen atoms in total. The molecular weight excluding hydrogens is 642 g/mol. The van der Waals surface area contributed by atoms with E-state index in [0.29, 0.717) is 0 Å². The molecule has 0 aromatic rings. The van der Waals surface area contributed by atoms with Crippen LogP contribution >= 0.6 is 0 Å². The van der Waals surface area contributed by atoms with E-state index in [4.69, 9.17) is 0 Å². The van der Waals surface area contributed by atoms with Gasteiger partial charge in [-0.25, -0.2) is 0 Å². The van der Waals surface area contributed by atoms with Crippen molar-refractivity contribution >= 4 is 0 Å². The predicted molar refractivity (Wildman–Crippen MR) is 204 cm³/mol. The molecule has 0 radical (unpaired) electrons. The second-order valence-electron chi connectivity index (χ2n) is 22.4. The van der Waals surface area contributed by atoms with Crippen molar-refractivity contribution in [2.45, 2.75) is 18.3 Å².